The van der Waals surface area contributed by atoms with Gasteiger partial charge in [-0.05, 0) is 30.9 Å². The maximum absolute atomic E-state index is 13.8. The van der Waals surface area contributed by atoms with E-state index in [1.807, 2.05) is 6.07 Å². The molecule has 3 nitrogen and oxygen atoms in total. The summed E-state index contributed by atoms with van der Waals surface area (Å²) in [6.45, 7) is 4.03. The summed E-state index contributed by atoms with van der Waals surface area (Å²) in [5.41, 5.74) is 6.52. The van der Waals surface area contributed by atoms with E-state index in [1.54, 1.807) is 6.07 Å². The molecular weight excluding hydrogens is 229 g/mol. The van der Waals surface area contributed by atoms with E-state index in [2.05, 4.69) is 11.8 Å². The Morgan fingerprint density at radius 2 is 2.33 bits per heavy atom. The lowest BCUT2D eigenvalue weighted by molar-refractivity contribution is 0.404. The zero-order valence-electron chi connectivity index (χ0n) is 10.7. The fourth-order valence-electron chi connectivity index (χ4n) is 2.66. The number of nitrogens with one attached hydrogen (secondary N) is 1. The minimum absolute atomic E-state index is 0.193. The zero-order chi connectivity index (χ0) is 13.1. The molecule has 0 radical (unpaired) electrons. The summed E-state index contributed by atoms with van der Waals surface area (Å²) in [7, 11) is 0. The number of halogens is 1. The molecule has 1 aliphatic rings. The lowest BCUT2D eigenvalue weighted by Gasteiger charge is -2.35. The van der Waals surface area contributed by atoms with Gasteiger partial charge < -0.3 is 10.6 Å². The van der Waals surface area contributed by atoms with Gasteiger partial charge >= 0.3 is 0 Å². The third kappa shape index (κ3) is 2.47. The third-order valence-electron chi connectivity index (χ3n) is 3.70. The molecule has 1 aromatic rings. The van der Waals surface area contributed by atoms with Crippen LogP contribution in [0, 0.1) is 17.1 Å². The monoisotopic (exact) mass is 249 g/mol. The molecule has 1 aromatic carbocycles. The summed E-state index contributed by atoms with van der Waals surface area (Å²) < 4.78 is 13.8. The Balaban J connectivity index is 2.32. The lowest BCUT2D eigenvalue weighted by atomic mass is 9.94. The first-order valence-corrected chi connectivity index (χ1v) is 6.51. The second-order valence-electron chi connectivity index (χ2n) is 4.91. The van der Waals surface area contributed by atoms with Crippen LogP contribution in [0.15, 0.2) is 18.2 Å². The van der Waals surface area contributed by atoms with Crippen molar-refractivity contribution in [3.8, 4) is 0 Å². The van der Waals surface area contributed by atoms with Crippen molar-refractivity contribution in [3.63, 3.8) is 0 Å². The molecule has 2 rings (SSSR count). The first kappa shape index (κ1) is 12.9. The molecule has 0 bridgehead atoms. The van der Waals surface area contributed by atoms with E-state index >= 15 is 0 Å². The van der Waals surface area contributed by atoms with Crippen LogP contribution < -0.4 is 10.6 Å². The van der Waals surface area contributed by atoms with Gasteiger partial charge in [-0.15, -0.1) is 0 Å². The molecule has 0 aromatic heterocycles. The van der Waals surface area contributed by atoms with Crippen LogP contribution in [0.25, 0.3) is 0 Å². The van der Waals surface area contributed by atoms with Gasteiger partial charge in [-0.3, -0.25) is 5.41 Å². The predicted molar refractivity (Wildman–Crippen MR) is 72.6 cm³/mol. The van der Waals surface area contributed by atoms with Crippen molar-refractivity contribution in [1.29, 1.82) is 5.41 Å². The van der Waals surface area contributed by atoms with Crippen LogP contribution >= 0.6 is 0 Å². The molecule has 0 saturated carbocycles. The van der Waals surface area contributed by atoms with Gasteiger partial charge in [0.2, 0.25) is 0 Å². The van der Waals surface area contributed by atoms with Crippen molar-refractivity contribution in [2.45, 2.75) is 26.2 Å². The van der Waals surface area contributed by atoms with Crippen molar-refractivity contribution >= 4 is 11.5 Å². The summed E-state index contributed by atoms with van der Waals surface area (Å²) >= 11 is 0. The zero-order valence-corrected chi connectivity index (χ0v) is 10.7. The fraction of sp³-hybridized carbons (Fsp3) is 0.500. The van der Waals surface area contributed by atoms with E-state index in [0.29, 0.717) is 5.92 Å². The summed E-state index contributed by atoms with van der Waals surface area (Å²) in [5.74, 6) is 0.0576. The SMILES string of the molecule is CCC1CCCN(c2cccc(F)c2C(=N)N)C1. The Morgan fingerprint density at radius 3 is 3.00 bits per heavy atom. The molecule has 18 heavy (non-hydrogen) atoms. The Labute approximate surface area is 107 Å². The van der Waals surface area contributed by atoms with Gasteiger partial charge in [0.15, 0.2) is 0 Å². The van der Waals surface area contributed by atoms with Crippen LogP contribution in [0.2, 0.25) is 0 Å². The lowest BCUT2D eigenvalue weighted by Crippen LogP contribution is -2.36. The molecule has 98 valence electrons. The van der Waals surface area contributed by atoms with Gasteiger partial charge in [0.1, 0.15) is 11.7 Å². The molecular formula is C14H20FN3. The smallest absolute Gasteiger partial charge is 0.136 e. The second kappa shape index (κ2) is 5.38. The summed E-state index contributed by atoms with van der Waals surface area (Å²) in [5, 5.41) is 7.54. The van der Waals surface area contributed by atoms with Gasteiger partial charge in [0.25, 0.3) is 0 Å². The quantitative estimate of drug-likeness (QED) is 0.639. The number of benzene rings is 1. The van der Waals surface area contributed by atoms with E-state index < -0.39 is 5.82 Å². The van der Waals surface area contributed by atoms with Gasteiger partial charge in [0, 0.05) is 13.1 Å². The Kier molecular flexibility index (Phi) is 3.84. The van der Waals surface area contributed by atoms with Crippen LogP contribution in [0.3, 0.4) is 0 Å². The predicted octanol–water partition coefficient (Wildman–Crippen LogP) is 2.74. The molecule has 1 aliphatic heterocycles. The minimum Gasteiger partial charge on any atom is -0.384 e. The van der Waals surface area contributed by atoms with Gasteiger partial charge in [-0.25, -0.2) is 4.39 Å². The highest BCUT2D eigenvalue weighted by molar-refractivity contribution is 6.00. The Bertz CT molecular complexity index is 445. The molecule has 1 saturated heterocycles. The molecule has 0 aliphatic carbocycles. The number of piperidine rings is 1. The second-order valence-corrected chi connectivity index (χ2v) is 4.91. The summed E-state index contributed by atoms with van der Waals surface area (Å²) in [6.07, 6.45) is 3.49. The van der Waals surface area contributed by atoms with Crippen LogP contribution in [0.5, 0.6) is 0 Å². The summed E-state index contributed by atoms with van der Waals surface area (Å²) in [6, 6.07) is 4.91. The number of amidine groups is 1. The van der Waals surface area contributed by atoms with E-state index in [1.165, 1.54) is 12.5 Å². The third-order valence-corrected chi connectivity index (χ3v) is 3.70. The fourth-order valence-corrected chi connectivity index (χ4v) is 2.66. The maximum Gasteiger partial charge on any atom is 0.136 e. The maximum atomic E-state index is 13.8. The summed E-state index contributed by atoms with van der Waals surface area (Å²) in [4.78, 5) is 2.16. The van der Waals surface area contributed by atoms with Gasteiger partial charge in [0.05, 0.1) is 11.3 Å². The average Bonchev–Trinajstić information content (AvgIpc) is 2.38. The number of anilines is 1. The molecule has 1 atom stereocenters. The van der Waals surface area contributed by atoms with E-state index in [4.69, 9.17) is 11.1 Å². The number of nitrogens with zero attached hydrogens (tertiary/aromatic N) is 1. The molecule has 4 heteroatoms. The van der Waals surface area contributed by atoms with Crippen LogP contribution in [0.4, 0.5) is 10.1 Å². The van der Waals surface area contributed by atoms with Crippen molar-refractivity contribution in [1.82, 2.24) is 0 Å². The molecule has 1 heterocycles. The highest BCUT2D eigenvalue weighted by Crippen LogP contribution is 2.28. The topological polar surface area (TPSA) is 53.1 Å². The van der Waals surface area contributed by atoms with Gasteiger partial charge in [-0.2, -0.15) is 0 Å². The normalized spacial score (nSPS) is 19.9. The van der Waals surface area contributed by atoms with E-state index in [0.717, 1.165) is 31.6 Å². The van der Waals surface area contributed by atoms with Crippen molar-refractivity contribution in [3.05, 3.63) is 29.6 Å². The number of nitrogens with two attached hydrogens (primary N) is 1. The molecule has 1 fully saturated rings. The minimum atomic E-state index is -0.404. The number of hydrogen-bond donors (Lipinski definition) is 2. The van der Waals surface area contributed by atoms with Crippen LogP contribution in [-0.2, 0) is 0 Å². The average molecular weight is 249 g/mol. The molecule has 1 unspecified atom stereocenters. The largest absolute Gasteiger partial charge is 0.384 e. The molecule has 0 amide bonds. The van der Waals surface area contributed by atoms with Crippen molar-refractivity contribution in [2.24, 2.45) is 11.7 Å². The van der Waals surface area contributed by atoms with Gasteiger partial charge in [-0.1, -0.05) is 19.4 Å². The standard InChI is InChI=1S/C14H20FN3/c1-2-10-5-4-8-18(9-10)12-7-3-6-11(15)13(12)14(16)17/h3,6-7,10H,2,4-5,8-9H2,1H3,(H3,16,17). The highest BCUT2D eigenvalue weighted by Gasteiger charge is 2.22. The van der Waals surface area contributed by atoms with E-state index in [9.17, 15) is 4.39 Å². The van der Waals surface area contributed by atoms with Crippen molar-refractivity contribution in [2.75, 3.05) is 18.0 Å². The first-order valence-electron chi connectivity index (χ1n) is 6.51. The van der Waals surface area contributed by atoms with Crippen molar-refractivity contribution < 1.29 is 4.39 Å². The first-order chi connectivity index (χ1) is 8.63. The number of rotatable bonds is 3. The Hall–Kier alpha value is -1.58. The number of hydrogen-bond acceptors (Lipinski definition) is 2. The highest BCUT2D eigenvalue weighted by atomic mass is 19.1. The Morgan fingerprint density at radius 1 is 1.56 bits per heavy atom. The molecule has 0 spiro atoms. The van der Waals surface area contributed by atoms with Crippen LogP contribution in [0.1, 0.15) is 31.7 Å². The molecule has 3 N–H and O–H groups in total. The van der Waals surface area contributed by atoms with Crippen LogP contribution in [-0.4, -0.2) is 18.9 Å². The number of nitrogen functional groups attached to an aromatic ring is 1. The van der Waals surface area contributed by atoms with E-state index in [-0.39, 0.29) is 11.4 Å².